The number of benzene rings is 1. The van der Waals surface area contributed by atoms with E-state index in [0.29, 0.717) is 23.7 Å². The molecule has 0 spiro atoms. The molecule has 0 unspecified atom stereocenters. The number of nitrogens with zero attached hydrogens (tertiary/aromatic N) is 2. The van der Waals surface area contributed by atoms with Gasteiger partial charge in [-0.05, 0) is 19.1 Å². The first-order valence-corrected chi connectivity index (χ1v) is 9.67. The number of carbonyl (C=O) groups excluding carboxylic acids is 1. The van der Waals surface area contributed by atoms with Crippen molar-refractivity contribution in [2.45, 2.75) is 25.6 Å². The van der Waals surface area contributed by atoms with Gasteiger partial charge in [-0.3, -0.25) is 9.59 Å². The van der Waals surface area contributed by atoms with Crippen molar-refractivity contribution >= 4 is 23.6 Å². The number of alkyl halides is 3. The molecule has 0 aliphatic carbocycles. The lowest BCUT2D eigenvalue weighted by atomic mass is 10.1. The summed E-state index contributed by atoms with van der Waals surface area (Å²) < 4.78 is 38.8. The van der Waals surface area contributed by atoms with E-state index < -0.39 is 29.7 Å². The molecule has 2 aromatic rings. The van der Waals surface area contributed by atoms with Gasteiger partial charge in [0.1, 0.15) is 11.5 Å². The van der Waals surface area contributed by atoms with Gasteiger partial charge >= 0.3 is 12.1 Å². The van der Waals surface area contributed by atoms with Crippen molar-refractivity contribution in [3.63, 3.8) is 0 Å². The van der Waals surface area contributed by atoms with Crippen LogP contribution in [-0.4, -0.2) is 55.9 Å². The maximum Gasteiger partial charge on any atom is 0.416 e. The Bertz CT molecular complexity index is 898. The number of hydrogen-bond acceptors (Lipinski definition) is 4. The summed E-state index contributed by atoms with van der Waals surface area (Å²) in [6.07, 6.45) is -4.64. The van der Waals surface area contributed by atoms with Gasteiger partial charge in [-0.2, -0.15) is 24.9 Å². The smallest absolute Gasteiger partial charge is 0.416 e. The van der Waals surface area contributed by atoms with Crippen molar-refractivity contribution < 1.29 is 27.9 Å². The number of carbonyl (C=O) groups is 2. The fourth-order valence-electron chi connectivity index (χ4n) is 3.08. The van der Waals surface area contributed by atoms with Crippen molar-refractivity contribution in [2.75, 3.05) is 18.1 Å². The molecule has 2 heterocycles. The Labute approximate surface area is 163 Å². The van der Waals surface area contributed by atoms with Gasteiger partial charge < -0.3 is 15.0 Å². The van der Waals surface area contributed by atoms with E-state index in [2.05, 4.69) is 9.97 Å². The summed E-state index contributed by atoms with van der Waals surface area (Å²) in [5.41, 5.74) is -0.0748. The Morgan fingerprint density at radius 2 is 2.14 bits per heavy atom. The van der Waals surface area contributed by atoms with E-state index in [1.165, 1.54) is 17.0 Å². The van der Waals surface area contributed by atoms with Gasteiger partial charge in [-0.25, -0.2) is 4.98 Å². The highest BCUT2D eigenvalue weighted by molar-refractivity contribution is 7.99. The molecule has 1 amide bonds. The number of aryl methyl sites for hydroxylation is 1. The molecule has 1 aliphatic heterocycles. The number of thioether (sulfide) groups is 1. The van der Waals surface area contributed by atoms with Crippen LogP contribution in [0, 0.1) is 6.92 Å². The van der Waals surface area contributed by atoms with Gasteiger partial charge in [0.25, 0.3) is 5.91 Å². The molecule has 6 nitrogen and oxygen atoms in total. The van der Waals surface area contributed by atoms with Crippen LogP contribution in [0.2, 0.25) is 0 Å². The second-order valence-corrected chi connectivity index (χ2v) is 7.61. The topological polar surface area (TPSA) is 86.3 Å². The van der Waals surface area contributed by atoms with Crippen LogP contribution in [0.15, 0.2) is 24.3 Å². The van der Waals surface area contributed by atoms with Crippen LogP contribution in [0.4, 0.5) is 13.2 Å². The predicted molar refractivity (Wildman–Crippen MR) is 98.2 cm³/mol. The number of carboxylic acid groups (broad SMARTS) is 1. The van der Waals surface area contributed by atoms with Crippen LogP contribution in [0.1, 0.15) is 28.2 Å². The first kappa shape index (κ1) is 20.2. The Hall–Kier alpha value is -2.49. The predicted octanol–water partition coefficient (Wildman–Crippen LogP) is 3.44. The fourth-order valence-corrected chi connectivity index (χ4v) is 4.14. The normalized spacial score (nSPS) is 17.6. The quantitative estimate of drug-likeness (QED) is 0.802. The van der Waals surface area contributed by atoms with Crippen LogP contribution < -0.4 is 0 Å². The molecule has 0 saturated carbocycles. The van der Waals surface area contributed by atoms with Crippen LogP contribution in [0.5, 0.6) is 0 Å². The number of carboxylic acids is 1. The molecule has 1 aromatic heterocycles. The zero-order chi connectivity index (χ0) is 20.5. The highest BCUT2D eigenvalue weighted by Gasteiger charge is 2.33. The molecule has 2 N–H and O–H groups in total. The Morgan fingerprint density at radius 1 is 1.39 bits per heavy atom. The SMILES string of the molecule is Cc1[nH]c(-c2cccc(C(F)(F)F)c2)nc1C(=O)N1CCSC[C@@H]1CC(=O)O. The number of aromatic nitrogens is 2. The molecule has 1 aliphatic rings. The van der Waals surface area contributed by atoms with Gasteiger partial charge in [-0.15, -0.1) is 0 Å². The van der Waals surface area contributed by atoms with Crippen LogP contribution in [-0.2, 0) is 11.0 Å². The highest BCUT2D eigenvalue weighted by Crippen LogP contribution is 2.32. The number of aromatic amines is 1. The molecule has 3 rings (SSSR count). The number of H-pyrrole nitrogens is 1. The molecule has 150 valence electrons. The molecule has 0 radical (unpaired) electrons. The summed E-state index contributed by atoms with van der Waals surface area (Å²) in [5.74, 6) is -0.0475. The van der Waals surface area contributed by atoms with E-state index in [1.54, 1.807) is 18.7 Å². The summed E-state index contributed by atoms with van der Waals surface area (Å²) in [6.45, 7) is 2.01. The third kappa shape index (κ3) is 4.32. The highest BCUT2D eigenvalue weighted by atomic mass is 32.2. The van der Waals surface area contributed by atoms with E-state index in [1.807, 2.05) is 0 Å². The minimum absolute atomic E-state index is 0.0923. The Kier molecular flexibility index (Phi) is 5.69. The molecule has 1 fully saturated rings. The Morgan fingerprint density at radius 3 is 2.82 bits per heavy atom. The number of amides is 1. The third-order valence-electron chi connectivity index (χ3n) is 4.45. The lowest BCUT2D eigenvalue weighted by molar-refractivity contribution is -0.138. The van der Waals surface area contributed by atoms with Crippen molar-refractivity contribution in [3.05, 3.63) is 41.2 Å². The van der Waals surface area contributed by atoms with E-state index in [4.69, 9.17) is 5.11 Å². The van der Waals surface area contributed by atoms with Gasteiger partial charge in [0, 0.05) is 29.3 Å². The Balaban J connectivity index is 1.89. The monoisotopic (exact) mass is 413 g/mol. The average molecular weight is 413 g/mol. The summed E-state index contributed by atoms with van der Waals surface area (Å²) in [5, 5.41) is 9.07. The molecule has 10 heteroatoms. The molecule has 1 aromatic carbocycles. The number of nitrogens with one attached hydrogen (secondary N) is 1. The van der Waals surface area contributed by atoms with Crippen molar-refractivity contribution in [1.82, 2.24) is 14.9 Å². The van der Waals surface area contributed by atoms with E-state index in [-0.39, 0.29) is 23.5 Å². The zero-order valence-corrected chi connectivity index (χ0v) is 15.7. The number of aliphatic carboxylic acids is 1. The van der Waals surface area contributed by atoms with Crippen molar-refractivity contribution in [1.29, 1.82) is 0 Å². The minimum atomic E-state index is -4.48. The van der Waals surface area contributed by atoms with Gasteiger partial charge in [0.2, 0.25) is 0 Å². The molecule has 0 bridgehead atoms. The summed E-state index contributed by atoms with van der Waals surface area (Å²) in [7, 11) is 0. The first-order valence-electron chi connectivity index (χ1n) is 8.51. The lowest BCUT2D eigenvalue weighted by Crippen LogP contribution is -2.47. The fraction of sp³-hybridized carbons (Fsp3) is 0.389. The third-order valence-corrected chi connectivity index (χ3v) is 5.54. The number of imidazole rings is 1. The second-order valence-electron chi connectivity index (χ2n) is 6.46. The standard InChI is InChI=1S/C18H18F3N3O3S/c1-10-15(17(27)24-5-6-28-9-13(24)8-14(25)26)23-16(22-10)11-3-2-4-12(7-11)18(19,20)21/h2-4,7,13H,5-6,8-9H2,1H3,(H,22,23)(H,25,26)/t13-/m0/s1. The average Bonchev–Trinajstić information content (AvgIpc) is 3.02. The lowest BCUT2D eigenvalue weighted by Gasteiger charge is -2.34. The van der Waals surface area contributed by atoms with Crippen LogP contribution in [0.3, 0.4) is 0 Å². The largest absolute Gasteiger partial charge is 0.481 e. The minimum Gasteiger partial charge on any atom is -0.481 e. The molecular formula is C18H18F3N3O3S. The molecule has 1 atom stereocenters. The van der Waals surface area contributed by atoms with Gasteiger partial charge in [0.05, 0.1) is 18.0 Å². The van der Waals surface area contributed by atoms with Crippen molar-refractivity contribution in [3.8, 4) is 11.4 Å². The van der Waals surface area contributed by atoms with Gasteiger partial charge in [0.15, 0.2) is 0 Å². The summed E-state index contributed by atoms with van der Waals surface area (Å²) in [4.78, 5) is 32.6. The number of halogens is 3. The molecular weight excluding hydrogens is 395 g/mol. The zero-order valence-electron chi connectivity index (χ0n) is 14.9. The van der Waals surface area contributed by atoms with Crippen LogP contribution in [0.25, 0.3) is 11.4 Å². The van der Waals surface area contributed by atoms with E-state index in [0.717, 1.165) is 12.1 Å². The number of hydrogen-bond donors (Lipinski definition) is 2. The number of rotatable bonds is 4. The van der Waals surface area contributed by atoms with Crippen molar-refractivity contribution in [2.24, 2.45) is 0 Å². The summed E-state index contributed by atoms with van der Waals surface area (Å²) >= 11 is 1.58. The molecule has 1 saturated heterocycles. The second kappa shape index (κ2) is 7.86. The van der Waals surface area contributed by atoms with Crippen LogP contribution >= 0.6 is 11.8 Å². The van der Waals surface area contributed by atoms with E-state index >= 15 is 0 Å². The van der Waals surface area contributed by atoms with Gasteiger partial charge in [-0.1, -0.05) is 12.1 Å². The van der Waals surface area contributed by atoms with E-state index in [9.17, 15) is 22.8 Å². The maximum atomic E-state index is 12.9. The maximum absolute atomic E-state index is 12.9. The molecule has 28 heavy (non-hydrogen) atoms. The first-order chi connectivity index (χ1) is 13.2. The summed E-state index contributed by atoms with van der Waals surface area (Å²) in [6, 6.07) is 4.25.